The van der Waals surface area contributed by atoms with E-state index in [9.17, 15) is 9.90 Å². The third-order valence-electron chi connectivity index (χ3n) is 10.5. The van der Waals surface area contributed by atoms with E-state index in [0.29, 0.717) is 17.3 Å². The minimum atomic E-state index is -0.363. The van der Waals surface area contributed by atoms with Gasteiger partial charge in [0.15, 0.2) is 0 Å². The third kappa shape index (κ3) is 1.43. The molecule has 0 aromatic rings. The van der Waals surface area contributed by atoms with Crippen LogP contribution in [-0.4, -0.2) is 22.8 Å². The molecule has 1 heterocycles. The van der Waals surface area contributed by atoms with Crippen LogP contribution in [0.15, 0.2) is 12.2 Å². The standard InChI is InChI=1S/C22H30O3/c1-19-8-4-16-14(15(19)5-9-21(19)10-6-18(24)25-21)11-17(23)22-12-13(22)3-7-20(16,22)2/h6,10,13-17,23H,3-5,7-9,11-12H2,1-2H3. The normalized spacial score (nSPS) is 63.8. The number of rotatable bonds is 0. The van der Waals surface area contributed by atoms with Crippen LogP contribution in [0.3, 0.4) is 0 Å². The van der Waals surface area contributed by atoms with Crippen LogP contribution in [0.2, 0.25) is 0 Å². The van der Waals surface area contributed by atoms with Crippen LogP contribution < -0.4 is 0 Å². The zero-order valence-electron chi connectivity index (χ0n) is 15.5. The Hall–Kier alpha value is -0.830. The van der Waals surface area contributed by atoms with Crippen molar-refractivity contribution < 1.29 is 14.6 Å². The van der Waals surface area contributed by atoms with Gasteiger partial charge >= 0.3 is 5.97 Å². The molecule has 6 rings (SSSR count). The molecule has 0 saturated heterocycles. The highest BCUT2D eigenvalue weighted by atomic mass is 16.6. The highest BCUT2D eigenvalue weighted by Crippen LogP contribution is 2.82. The Morgan fingerprint density at radius 1 is 1.08 bits per heavy atom. The second-order valence-corrected chi connectivity index (χ2v) is 10.7. The lowest BCUT2D eigenvalue weighted by Crippen LogP contribution is -2.58. The summed E-state index contributed by atoms with van der Waals surface area (Å²) in [6.07, 6.45) is 13.1. The summed E-state index contributed by atoms with van der Waals surface area (Å²) in [5.41, 5.74) is 0.300. The highest BCUT2D eigenvalue weighted by Gasteiger charge is 2.78. The van der Waals surface area contributed by atoms with Crippen molar-refractivity contribution in [3.05, 3.63) is 12.2 Å². The fourth-order valence-corrected chi connectivity index (χ4v) is 9.23. The molecule has 5 fully saturated rings. The fourth-order valence-electron chi connectivity index (χ4n) is 9.23. The molecular weight excluding hydrogens is 312 g/mol. The molecule has 136 valence electrons. The van der Waals surface area contributed by atoms with Gasteiger partial charge in [0.2, 0.25) is 0 Å². The molecule has 5 aliphatic carbocycles. The molecule has 2 spiro atoms. The Bertz CT molecular complexity index is 699. The number of aliphatic hydroxyl groups is 1. The first kappa shape index (κ1) is 15.2. The van der Waals surface area contributed by atoms with Gasteiger partial charge in [0, 0.05) is 16.9 Å². The average molecular weight is 342 g/mol. The molecule has 0 amide bonds. The smallest absolute Gasteiger partial charge is 0.331 e. The van der Waals surface area contributed by atoms with Crippen LogP contribution in [0.1, 0.15) is 65.2 Å². The summed E-state index contributed by atoms with van der Waals surface area (Å²) >= 11 is 0. The van der Waals surface area contributed by atoms with Crippen molar-refractivity contribution in [2.75, 3.05) is 0 Å². The lowest BCUT2D eigenvalue weighted by molar-refractivity contribution is -0.179. The highest BCUT2D eigenvalue weighted by molar-refractivity contribution is 5.85. The van der Waals surface area contributed by atoms with Crippen molar-refractivity contribution in [1.29, 1.82) is 0 Å². The van der Waals surface area contributed by atoms with Gasteiger partial charge in [0.05, 0.1) is 6.10 Å². The molecule has 0 bridgehead atoms. The Labute approximate surface area is 150 Å². The van der Waals surface area contributed by atoms with E-state index in [1.165, 1.54) is 32.1 Å². The van der Waals surface area contributed by atoms with Crippen molar-refractivity contribution in [2.45, 2.75) is 76.9 Å². The topological polar surface area (TPSA) is 46.5 Å². The van der Waals surface area contributed by atoms with Crippen molar-refractivity contribution >= 4 is 5.97 Å². The summed E-state index contributed by atoms with van der Waals surface area (Å²) in [5, 5.41) is 11.2. The van der Waals surface area contributed by atoms with E-state index in [1.807, 2.05) is 0 Å². The summed E-state index contributed by atoms with van der Waals surface area (Å²) in [5.74, 6) is 2.60. The van der Waals surface area contributed by atoms with E-state index in [0.717, 1.165) is 31.1 Å². The van der Waals surface area contributed by atoms with Gasteiger partial charge in [-0.1, -0.05) is 13.8 Å². The van der Waals surface area contributed by atoms with Crippen molar-refractivity contribution in [2.24, 2.45) is 39.9 Å². The summed E-state index contributed by atoms with van der Waals surface area (Å²) in [4.78, 5) is 11.9. The first-order chi connectivity index (χ1) is 11.9. The molecule has 0 aromatic carbocycles. The van der Waals surface area contributed by atoms with E-state index in [4.69, 9.17) is 4.74 Å². The van der Waals surface area contributed by atoms with Crippen LogP contribution in [0.25, 0.3) is 0 Å². The van der Waals surface area contributed by atoms with Crippen molar-refractivity contribution in [3.63, 3.8) is 0 Å². The van der Waals surface area contributed by atoms with E-state index < -0.39 is 0 Å². The molecule has 1 aliphatic heterocycles. The summed E-state index contributed by atoms with van der Waals surface area (Å²) in [6.45, 7) is 4.89. The molecule has 3 nitrogen and oxygen atoms in total. The quantitative estimate of drug-likeness (QED) is 0.680. The van der Waals surface area contributed by atoms with E-state index >= 15 is 0 Å². The Balaban J connectivity index is 1.40. The molecule has 1 N–H and O–H groups in total. The molecule has 25 heavy (non-hydrogen) atoms. The van der Waals surface area contributed by atoms with Gasteiger partial charge in [-0.05, 0) is 86.5 Å². The molecule has 9 atom stereocenters. The Morgan fingerprint density at radius 2 is 1.80 bits per heavy atom. The molecule has 0 radical (unpaired) electrons. The molecule has 5 saturated carbocycles. The largest absolute Gasteiger partial charge is 0.451 e. The predicted octanol–water partition coefficient (Wildman–Crippen LogP) is 3.85. The molecular formula is C22H30O3. The van der Waals surface area contributed by atoms with Gasteiger partial charge in [-0.25, -0.2) is 4.79 Å². The lowest BCUT2D eigenvalue weighted by Gasteiger charge is -2.60. The van der Waals surface area contributed by atoms with Crippen LogP contribution in [0, 0.1) is 39.9 Å². The summed E-state index contributed by atoms with van der Waals surface area (Å²) < 4.78 is 5.92. The lowest BCUT2D eigenvalue weighted by atomic mass is 9.45. The molecule has 6 aliphatic rings. The maximum atomic E-state index is 11.9. The van der Waals surface area contributed by atoms with E-state index in [2.05, 4.69) is 19.9 Å². The number of carbonyl (C=O) groups is 1. The number of aliphatic hydroxyl groups excluding tert-OH is 1. The van der Waals surface area contributed by atoms with Gasteiger partial charge in [-0.3, -0.25) is 0 Å². The van der Waals surface area contributed by atoms with Crippen LogP contribution in [0.4, 0.5) is 0 Å². The van der Waals surface area contributed by atoms with Gasteiger partial charge in [0.25, 0.3) is 0 Å². The zero-order chi connectivity index (χ0) is 17.2. The van der Waals surface area contributed by atoms with Gasteiger partial charge < -0.3 is 9.84 Å². The minimum Gasteiger partial charge on any atom is -0.451 e. The number of hydrogen-bond donors (Lipinski definition) is 1. The number of fused-ring (bicyclic) bond motifs is 5. The minimum absolute atomic E-state index is 0.0545. The van der Waals surface area contributed by atoms with Crippen molar-refractivity contribution in [1.82, 2.24) is 0 Å². The molecule has 0 aromatic heterocycles. The van der Waals surface area contributed by atoms with E-state index in [-0.39, 0.29) is 28.5 Å². The monoisotopic (exact) mass is 342 g/mol. The third-order valence-corrected chi connectivity index (χ3v) is 10.5. The number of hydrogen-bond acceptors (Lipinski definition) is 3. The average Bonchev–Trinajstić information content (AvgIpc) is 2.92. The summed E-state index contributed by atoms with van der Waals surface area (Å²) in [7, 11) is 0. The SMILES string of the molecule is CC12CCC3C(CC(O)C45CC4CCC35C)C1CCC21C=CC(=O)O1. The summed E-state index contributed by atoms with van der Waals surface area (Å²) in [6, 6.07) is 0. The van der Waals surface area contributed by atoms with Crippen molar-refractivity contribution in [3.8, 4) is 0 Å². The Morgan fingerprint density at radius 3 is 2.52 bits per heavy atom. The zero-order valence-corrected chi connectivity index (χ0v) is 15.5. The second kappa shape index (κ2) is 4.18. The Kier molecular flexibility index (Phi) is 2.55. The fraction of sp³-hybridized carbons (Fsp3) is 0.864. The van der Waals surface area contributed by atoms with Crippen LogP contribution in [-0.2, 0) is 9.53 Å². The first-order valence-corrected chi connectivity index (χ1v) is 10.5. The van der Waals surface area contributed by atoms with Crippen LogP contribution >= 0.6 is 0 Å². The van der Waals surface area contributed by atoms with Gasteiger partial charge in [0.1, 0.15) is 5.60 Å². The van der Waals surface area contributed by atoms with Crippen LogP contribution in [0.5, 0.6) is 0 Å². The first-order valence-electron chi connectivity index (χ1n) is 10.5. The van der Waals surface area contributed by atoms with Gasteiger partial charge in [-0.2, -0.15) is 0 Å². The number of carbonyl (C=O) groups excluding carboxylic acids is 1. The molecule has 3 heteroatoms. The predicted molar refractivity (Wildman–Crippen MR) is 93.5 cm³/mol. The number of esters is 1. The molecule has 9 unspecified atom stereocenters. The number of ether oxygens (including phenoxy) is 1. The maximum absolute atomic E-state index is 11.9. The van der Waals surface area contributed by atoms with E-state index in [1.54, 1.807) is 6.08 Å². The van der Waals surface area contributed by atoms with Gasteiger partial charge in [-0.15, -0.1) is 0 Å². The second-order valence-electron chi connectivity index (χ2n) is 10.7. The maximum Gasteiger partial charge on any atom is 0.331 e.